The Labute approximate surface area is 175 Å². The van der Waals surface area contributed by atoms with Crippen molar-refractivity contribution in [3.05, 3.63) is 42.5 Å². The fourth-order valence-corrected chi connectivity index (χ4v) is 4.72. The first kappa shape index (κ1) is 19.1. The smallest absolute Gasteiger partial charge is 0.222 e. The van der Waals surface area contributed by atoms with Crippen LogP contribution < -0.4 is 0 Å². The summed E-state index contributed by atoms with van der Waals surface area (Å²) in [7, 11) is 1.92. The lowest BCUT2D eigenvalue weighted by molar-refractivity contribution is -0.133. The van der Waals surface area contributed by atoms with Gasteiger partial charge in [0, 0.05) is 50.4 Å². The zero-order valence-electron chi connectivity index (χ0n) is 17.3. The van der Waals surface area contributed by atoms with Crippen molar-refractivity contribution in [1.29, 1.82) is 0 Å². The van der Waals surface area contributed by atoms with Gasteiger partial charge in [-0.3, -0.25) is 9.78 Å². The van der Waals surface area contributed by atoms with Crippen LogP contribution in [0.25, 0.3) is 16.9 Å². The molecule has 0 spiro atoms. The summed E-state index contributed by atoms with van der Waals surface area (Å²) in [6.07, 6.45) is 7.41. The molecule has 5 rings (SSSR count). The van der Waals surface area contributed by atoms with Gasteiger partial charge in [0.15, 0.2) is 11.5 Å². The number of pyridine rings is 1. The third-order valence-electron chi connectivity index (χ3n) is 6.44. The van der Waals surface area contributed by atoms with E-state index in [1.165, 1.54) is 0 Å². The van der Waals surface area contributed by atoms with Crippen LogP contribution in [0, 0.1) is 5.92 Å². The summed E-state index contributed by atoms with van der Waals surface area (Å²) in [5.74, 6) is 2.19. The van der Waals surface area contributed by atoms with Gasteiger partial charge in [0.25, 0.3) is 0 Å². The van der Waals surface area contributed by atoms with Gasteiger partial charge in [-0.25, -0.2) is 0 Å². The summed E-state index contributed by atoms with van der Waals surface area (Å²) >= 11 is 0. The van der Waals surface area contributed by atoms with Crippen LogP contribution in [0.2, 0.25) is 0 Å². The van der Waals surface area contributed by atoms with Gasteiger partial charge in [0.2, 0.25) is 5.91 Å². The molecule has 3 aromatic rings. The van der Waals surface area contributed by atoms with Crippen LogP contribution in [0.4, 0.5) is 0 Å². The summed E-state index contributed by atoms with van der Waals surface area (Å²) < 4.78 is 1.91. The predicted octanol–water partition coefficient (Wildman–Crippen LogP) is 2.23. The van der Waals surface area contributed by atoms with Gasteiger partial charge >= 0.3 is 0 Å². The van der Waals surface area contributed by atoms with E-state index in [-0.39, 0.29) is 5.91 Å². The standard InChI is InChI=1S/C22H27N7O/c1-27-14-16(4-7-21(27)30)15-28-11-8-17(9-12-28)22-25-24-20-6-5-19(26-29(20)22)18-3-2-10-23-13-18/h2-3,5-6,10,13,16-17H,4,7-9,11-12,14-15H2,1H3. The molecule has 5 heterocycles. The maximum Gasteiger partial charge on any atom is 0.222 e. The largest absolute Gasteiger partial charge is 0.345 e. The molecule has 2 saturated heterocycles. The van der Waals surface area contributed by atoms with Crippen molar-refractivity contribution in [2.24, 2.45) is 5.92 Å². The molecule has 3 aromatic heterocycles. The molecule has 0 aromatic carbocycles. The Balaban J connectivity index is 1.26. The van der Waals surface area contributed by atoms with Gasteiger partial charge in [-0.2, -0.15) is 9.61 Å². The van der Waals surface area contributed by atoms with Crippen LogP contribution in [0.5, 0.6) is 0 Å². The first-order valence-corrected chi connectivity index (χ1v) is 10.8. The highest BCUT2D eigenvalue weighted by Crippen LogP contribution is 2.29. The predicted molar refractivity (Wildman–Crippen MR) is 113 cm³/mol. The highest BCUT2D eigenvalue weighted by molar-refractivity contribution is 5.76. The molecule has 8 heteroatoms. The number of fused-ring (bicyclic) bond motifs is 1. The number of rotatable bonds is 4. The average Bonchev–Trinajstić information content (AvgIpc) is 3.21. The van der Waals surface area contributed by atoms with Crippen LogP contribution in [-0.4, -0.2) is 73.7 Å². The molecule has 1 unspecified atom stereocenters. The minimum Gasteiger partial charge on any atom is -0.345 e. The molecule has 2 aliphatic heterocycles. The first-order valence-electron chi connectivity index (χ1n) is 10.8. The number of nitrogens with zero attached hydrogens (tertiary/aromatic N) is 7. The molecule has 30 heavy (non-hydrogen) atoms. The van der Waals surface area contributed by atoms with Crippen molar-refractivity contribution in [2.75, 3.05) is 33.2 Å². The fourth-order valence-electron chi connectivity index (χ4n) is 4.72. The van der Waals surface area contributed by atoms with Crippen LogP contribution in [-0.2, 0) is 4.79 Å². The van der Waals surface area contributed by atoms with Gasteiger partial charge in [0.1, 0.15) is 0 Å². The summed E-state index contributed by atoms with van der Waals surface area (Å²) in [6, 6.07) is 7.88. The number of hydrogen-bond donors (Lipinski definition) is 0. The van der Waals surface area contributed by atoms with Crippen LogP contribution in [0.1, 0.15) is 37.4 Å². The molecule has 156 valence electrons. The molecule has 0 N–H and O–H groups in total. The Kier molecular flexibility index (Phi) is 5.16. The third kappa shape index (κ3) is 3.79. The Morgan fingerprint density at radius 1 is 1.10 bits per heavy atom. The van der Waals surface area contributed by atoms with E-state index in [1.54, 1.807) is 6.20 Å². The summed E-state index contributed by atoms with van der Waals surface area (Å²) in [4.78, 5) is 20.3. The SMILES string of the molecule is CN1CC(CN2CCC(c3nnc4ccc(-c5cccnc5)nn34)CC2)CCC1=O. The summed E-state index contributed by atoms with van der Waals surface area (Å²) in [5, 5.41) is 13.6. The minimum absolute atomic E-state index is 0.279. The highest BCUT2D eigenvalue weighted by Gasteiger charge is 2.29. The van der Waals surface area contributed by atoms with Gasteiger partial charge < -0.3 is 9.80 Å². The molecule has 2 fully saturated rings. The zero-order valence-corrected chi connectivity index (χ0v) is 17.3. The normalized spacial score (nSPS) is 21.4. The Morgan fingerprint density at radius 2 is 1.97 bits per heavy atom. The second-order valence-electron chi connectivity index (χ2n) is 8.54. The molecule has 0 bridgehead atoms. The molecule has 2 aliphatic rings. The Bertz CT molecular complexity index is 1030. The monoisotopic (exact) mass is 405 g/mol. The molecule has 0 saturated carbocycles. The molecule has 0 aliphatic carbocycles. The average molecular weight is 406 g/mol. The van der Waals surface area contributed by atoms with Crippen molar-refractivity contribution >= 4 is 11.6 Å². The van der Waals surface area contributed by atoms with Crippen LogP contribution in [0.15, 0.2) is 36.7 Å². The molecule has 1 atom stereocenters. The fraction of sp³-hybridized carbons (Fsp3) is 0.500. The molecular weight excluding hydrogens is 378 g/mol. The van der Waals surface area contributed by atoms with Crippen molar-refractivity contribution in [3.8, 4) is 11.3 Å². The van der Waals surface area contributed by atoms with Gasteiger partial charge in [-0.05, 0) is 62.5 Å². The van der Waals surface area contributed by atoms with Crippen LogP contribution >= 0.6 is 0 Å². The number of likely N-dealkylation sites (tertiary alicyclic amines) is 2. The van der Waals surface area contributed by atoms with Crippen LogP contribution in [0.3, 0.4) is 0 Å². The second-order valence-corrected chi connectivity index (χ2v) is 8.54. The molecular formula is C22H27N7O. The maximum atomic E-state index is 11.7. The molecule has 1 amide bonds. The lowest BCUT2D eigenvalue weighted by Crippen LogP contribution is -2.44. The lowest BCUT2D eigenvalue weighted by Gasteiger charge is -2.36. The minimum atomic E-state index is 0.279. The van der Waals surface area contributed by atoms with Gasteiger partial charge in [-0.15, -0.1) is 10.2 Å². The number of piperidine rings is 2. The first-order chi connectivity index (χ1) is 14.7. The van der Waals surface area contributed by atoms with Crippen molar-refractivity contribution < 1.29 is 4.79 Å². The zero-order chi connectivity index (χ0) is 20.5. The van der Waals surface area contributed by atoms with E-state index >= 15 is 0 Å². The number of hydrogen-bond acceptors (Lipinski definition) is 6. The van der Waals surface area contributed by atoms with E-state index in [1.807, 2.05) is 46.9 Å². The van der Waals surface area contributed by atoms with Crippen molar-refractivity contribution in [3.63, 3.8) is 0 Å². The number of amides is 1. The summed E-state index contributed by atoms with van der Waals surface area (Å²) in [5.41, 5.74) is 2.66. The van der Waals surface area contributed by atoms with E-state index in [0.29, 0.717) is 18.3 Å². The van der Waals surface area contributed by atoms with E-state index in [2.05, 4.69) is 20.1 Å². The number of carbonyl (C=O) groups is 1. The molecule has 8 nitrogen and oxygen atoms in total. The van der Waals surface area contributed by atoms with E-state index in [0.717, 1.165) is 68.2 Å². The van der Waals surface area contributed by atoms with E-state index in [4.69, 9.17) is 5.10 Å². The van der Waals surface area contributed by atoms with Crippen molar-refractivity contribution in [2.45, 2.75) is 31.6 Å². The number of aromatic nitrogens is 5. The summed E-state index contributed by atoms with van der Waals surface area (Å²) in [6.45, 7) is 4.06. The van der Waals surface area contributed by atoms with Crippen molar-refractivity contribution in [1.82, 2.24) is 34.6 Å². The lowest BCUT2D eigenvalue weighted by atomic mass is 9.93. The third-order valence-corrected chi connectivity index (χ3v) is 6.44. The Morgan fingerprint density at radius 3 is 2.73 bits per heavy atom. The highest BCUT2D eigenvalue weighted by atomic mass is 16.2. The van der Waals surface area contributed by atoms with E-state index in [9.17, 15) is 4.79 Å². The second kappa shape index (κ2) is 8.10. The van der Waals surface area contributed by atoms with E-state index < -0.39 is 0 Å². The molecule has 0 radical (unpaired) electrons. The Hall–Kier alpha value is -2.87. The van der Waals surface area contributed by atoms with Gasteiger partial charge in [0.05, 0.1) is 5.69 Å². The van der Waals surface area contributed by atoms with Gasteiger partial charge in [-0.1, -0.05) is 0 Å². The topological polar surface area (TPSA) is 79.5 Å². The maximum absolute atomic E-state index is 11.7. The number of carbonyl (C=O) groups excluding carboxylic acids is 1. The quantitative estimate of drug-likeness (QED) is 0.662.